The second-order valence-corrected chi connectivity index (χ2v) is 7.74. The van der Waals surface area contributed by atoms with Gasteiger partial charge in [-0.2, -0.15) is 0 Å². The molecule has 148 valence electrons. The predicted molar refractivity (Wildman–Crippen MR) is 108 cm³/mol. The van der Waals surface area contributed by atoms with Gasteiger partial charge in [0.1, 0.15) is 5.02 Å². The number of amides is 1. The van der Waals surface area contributed by atoms with Crippen molar-refractivity contribution in [2.24, 2.45) is 0 Å². The molecule has 1 aromatic heterocycles. The number of nitrogens with one attached hydrogen (secondary N) is 1. The summed E-state index contributed by atoms with van der Waals surface area (Å²) < 4.78 is 6.15. The standard InChI is InChI=1S/C21H24ClN3O3/c22-17-12-16(13-23-20(17)26)21(27)25-10-11-28-18(14-24-8-4-5-9-24)19(25)15-6-2-1-3-7-15/h1-3,6-7,12-13,18-19H,4-5,8-11,14H2,(H,23,26)/t18-,19-/m0/s1. The van der Waals surface area contributed by atoms with Gasteiger partial charge in [-0.3, -0.25) is 9.59 Å². The fourth-order valence-electron chi connectivity index (χ4n) is 4.12. The predicted octanol–water partition coefficient (Wildman–Crippen LogP) is 2.71. The van der Waals surface area contributed by atoms with Gasteiger partial charge in [0.25, 0.3) is 11.5 Å². The number of morpholine rings is 1. The second-order valence-electron chi connectivity index (χ2n) is 7.34. The molecule has 2 fully saturated rings. The van der Waals surface area contributed by atoms with E-state index in [0.29, 0.717) is 18.7 Å². The van der Waals surface area contributed by atoms with E-state index in [1.807, 2.05) is 35.2 Å². The van der Waals surface area contributed by atoms with Gasteiger partial charge in [-0.1, -0.05) is 41.9 Å². The minimum Gasteiger partial charge on any atom is -0.373 e. The molecule has 0 unspecified atom stereocenters. The van der Waals surface area contributed by atoms with Crippen LogP contribution >= 0.6 is 11.6 Å². The van der Waals surface area contributed by atoms with E-state index in [0.717, 1.165) is 25.2 Å². The lowest BCUT2D eigenvalue weighted by molar-refractivity contribution is -0.0707. The van der Waals surface area contributed by atoms with Gasteiger partial charge in [0, 0.05) is 19.3 Å². The molecule has 6 nitrogen and oxygen atoms in total. The molecule has 0 radical (unpaired) electrons. The maximum Gasteiger partial charge on any atom is 0.266 e. The lowest BCUT2D eigenvalue weighted by Crippen LogP contribution is -2.51. The topological polar surface area (TPSA) is 65.6 Å². The number of likely N-dealkylation sites (tertiary alicyclic amines) is 1. The Kier molecular flexibility index (Phi) is 5.80. The van der Waals surface area contributed by atoms with Gasteiger partial charge >= 0.3 is 0 Å². The van der Waals surface area contributed by atoms with Gasteiger partial charge in [0.05, 0.1) is 24.3 Å². The lowest BCUT2D eigenvalue weighted by Gasteiger charge is -2.42. The van der Waals surface area contributed by atoms with Gasteiger partial charge in [-0.05, 0) is 37.6 Å². The molecule has 2 atom stereocenters. The first kappa shape index (κ1) is 19.2. The lowest BCUT2D eigenvalue weighted by atomic mass is 9.96. The number of aromatic amines is 1. The third-order valence-electron chi connectivity index (χ3n) is 5.50. The molecular formula is C21H24ClN3O3. The number of rotatable bonds is 4. The highest BCUT2D eigenvalue weighted by Gasteiger charge is 2.38. The van der Waals surface area contributed by atoms with E-state index in [4.69, 9.17) is 16.3 Å². The average molecular weight is 402 g/mol. The maximum atomic E-state index is 13.3. The summed E-state index contributed by atoms with van der Waals surface area (Å²) in [5, 5.41) is 0.0176. The number of carbonyl (C=O) groups is 1. The van der Waals surface area contributed by atoms with Gasteiger partial charge in [-0.15, -0.1) is 0 Å². The number of pyridine rings is 1. The number of H-pyrrole nitrogens is 1. The molecule has 2 aromatic rings. The first-order valence-corrected chi connectivity index (χ1v) is 10.1. The van der Waals surface area contributed by atoms with Gasteiger partial charge in [0.15, 0.2) is 0 Å². The van der Waals surface area contributed by atoms with Crippen LogP contribution in [0.15, 0.2) is 47.4 Å². The van der Waals surface area contributed by atoms with Crippen LogP contribution in [0.25, 0.3) is 0 Å². The Morgan fingerprint density at radius 1 is 1.18 bits per heavy atom. The summed E-state index contributed by atoms with van der Waals surface area (Å²) in [4.78, 5) is 31.7. The minimum atomic E-state index is -0.397. The van der Waals surface area contributed by atoms with Crippen LogP contribution in [0.5, 0.6) is 0 Å². The zero-order valence-corrected chi connectivity index (χ0v) is 16.4. The molecule has 2 saturated heterocycles. The van der Waals surface area contributed by atoms with Crippen molar-refractivity contribution in [1.82, 2.24) is 14.8 Å². The molecule has 0 spiro atoms. The van der Waals surface area contributed by atoms with Gasteiger partial charge in [-0.25, -0.2) is 0 Å². The molecule has 1 amide bonds. The fraction of sp³-hybridized carbons (Fsp3) is 0.429. The number of halogens is 1. The summed E-state index contributed by atoms with van der Waals surface area (Å²) in [7, 11) is 0. The van der Waals surface area contributed by atoms with Crippen molar-refractivity contribution in [3.63, 3.8) is 0 Å². The van der Waals surface area contributed by atoms with Crippen LogP contribution in [0.1, 0.15) is 34.8 Å². The normalized spacial score (nSPS) is 23.1. The highest BCUT2D eigenvalue weighted by molar-refractivity contribution is 6.30. The Hall–Kier alpha value is -2.15. The number of nitrogens with zero attached hydrogens (tertiary/aromatic N) is 2. The zero-order chi connectivity index (χ0) is 19.5. The van der Waals surface area contributed by atoms with Crippen molar-refractivity contribution in [3.8, 4) is 0 Å². The Labute approximate surface area is 169 Å². The Morgan fingerprint density at radius 2 is 1.93 bits per heavy atom. The highest BCUT2D eigenvalue weighted by atomic mass is 35.5. The van der Waals surface area contributed by atoms with Crippen molar-refractivity contribution in [1.29, 1.82) is 0 Å². The monoisotopic (exact) mass is 401 g/mol. The van der Waals surface area contributed by atoms with E-state index in [9.17, 15) is 9.59 Å². The molecule has 2 aliphatic heterocycles. The van der Waals surface area contributed by atoms with Crippen molar-refractivity contribution < 1.29 is 9.53 Å². The number of aromatic nitrogens is 1. The number of hydrogen-bond donors (Lipinski definition) is 1. The summed E-state index contributed by atoms with van der Waals surface area (Å²) >= 11 is 5.95. The van der Waals surface area contributed by atoms with Crippen LogP contribution in [0.2, 0.25) is 5.02 Å². The molecule has 1 aromatic carbocycles. The van der Waals surface area contributed by atoms with Crippen LogP contribution in [-0.4, -0.2) is 59.6 Å². The summed E-state index contributed by atoms with van der Waals surface area (Å²) in [6.07, 6.45) is 3.75. The van der Waals surface area contributed by atoms with Crippen LogP contribution in [-0.2, 0) is 4.74 Å². The van der Waals surface area contributed by atoms with Gasteiger partial charge in [0.2, 0.25) is 0 Å². The molecule has 7 heteroatoms. The average Bonchev–Trinajstić information content (AvgIpc) is 3.23. The first-order chi connectivity index (χ1) is 13.6. The molecule has 28 heavy (non-hydrogen) atoms. The first-order valence-electron chi connectivity index (χ1n) is 9.71. The Morgan fingerprint density at radius 3 is 2.64 bits per heavy atom. The molecule has 3 heterocycles. The molecule has 2 aliphatic rings. The molecule has 0 bridgehead atoms. The van der Waals surface area contributed by atoms with E-state index in [1.165, 1.54) is 25.1 Å². The van der Waals surface area contributed by atoms with E-state index < -0.39 is 5.56 Å². The third-order valence-corrected chi connectivity index (χ3v) is 5.78. The van der Waals surface area contributed by atoms with Crippen LogP contribution in [0, 0.1) is 0 Å². The minimum absolute atomic E-state index is 0.0176. The summed E-state index contributed by atoms with van der Waals surface area (Å²) in [5.41, 5.74) is 1.04. The summed E-state index contributed by atoms with van der Waals surface area (Å²) in [6.45, 7) is 3.93. The van der Waals surface area contributed by atoms with Gasteiger partial charge < -0.3 is 19.5 Å². The van der Waals surface area contributed by atoms with Crippen molar-refractivity contribution in [2.45, 2.75) is 25.0 Å². The smallest absolute Gasteiger partial charge is 0.266 e. The van der Waals surface area contributed by atoms with E-state index in [2.05, 4.69) is 9.88 Å². The zero-order valence-electron chi connectivity index (χ0n) is 15.6. The van der Waals surface area contributed by atoms with Crippen molar-refractivity contribution in [2.75, 3.05) is 32.8 Å². The maximum absolute atomic E-state index is 13.3. The van der Waals surface area contributed by atoms with Crippen LogP contribution in [0.3, 0.4) is 0 Å². The second kappa shape index (κ2) is 8.47. The fourth-order valence-corrected chi connectivity index (χ4v) is 4.30. The van der Waals surface area contributed by atoms with E-state index >= 15 is 0 Å². The Bertz CT molecular complexity index is 880. The van der Waals surface area contributed by atoms with E-state index in [1.54, 1.807) is 0 Å². The number of carbonyl (C=O) groups excluding carboxylic acids is 1. The molecule has 1 N–H and O–H groups in total. The Balaban J connectivity index is 1.65. The van der Waals surface area contributed by atoms with Crippen LogP contribution < -0.4 is 5.56 Å². The van der Waals surface area contributed by atoms with Crippen LogP contribution in [0.4, 0.5) is 0 Å². The quantitative estimate of drug-likeness (QED) is 0.855. The van der Waals surface area contributed by atoms with Crippen molar-refractivity contribution in [3.05, 3.63) is 69.1 Å². The summed E-state index contributed by atoms with van der Waals surface area (Å²) in [5.74, 6) is -0.151. The summed E-state index contributed by atoms with van der Waals surface area (Å²) in [6, 6.07) is 11.3. The number of benzene rings is 1. The molecule has 4 rings (SSSR count). The SMILES string of the molecule is O=C(c1c[nH]c(=O)c(Cl)c1)N1CCO[C@@H](CN2CCCC2)[C@@H]1c1ccccc1. The molecule has 0 aliphatic carbocycles. The number of hydrogen-bond acceptors (Lipinski definition) is 4. The number of ether oxygens (including phenoxy) is 1. The third kappa shape index (κ3) is 3.99. The van der Waals surface area contributed by atoms with Crippen molar-refractivity contribution >= 4 is 17.5 Å². The largest absolute Gasteiger partial charge is 0.373 e. The molecular weight excluding hydrogens is 378 g/mol. The highest BCUT2D eigenvalue weighted by Crippen LogP contribution is 2.32. The van der Waals surface area contributed by atoms with E-state index in [-0.39, 0.29) is 23.1 Å². The molecule has 0 saturated carbocycles.